The smallest absolute Gasteiger partial charge is 0.0509 e. The van der Waals surface area contributed by atoms with Gasteiger partial charge >= 0.3 is 0 Å². The topological polar surface area (TPSA) is 3.24 Å². The number of benzene rings is 5. The van der Waals surface area contributed by atoms with Crippen molar-refractivity contribution in [1.82, 2.24) is 0 Å². The van der Waals surface area contributed by atoms with Gasteiger partial charge in [-0.15, -0.1) is 0 Å². The maximum atomic E-state index is 2.65. The lowest BCUT2D eigenvalue weighted by atomic mass is 9.43. The second kappa shape index (κ2) is 9.72. The fraction of sp³-hybridized carbons (Fsp3) is 0.348. The molecule has 7 aliphatic carbocycles. The Bertz CT molecular complexity index is 2020. The van der Waals surface area contributed by atoms with Gasteiger partial charge in [-0.05, 0) is 143 Å². The summed E-state index contributed by atoms with van der Waals surface area (Å²) >= 11 is 0. The third-order valence-corrected chi connectivity index (χ3v) is 14.0. The van der Waals surface area contributed by atoms with Gasteiger partial charge in [0.2, 0.25) is 0 Å². The van der Waals surface area contributed by atoms with Gasteiger partial charge < -0.3 is 4.90 Å². The number of anilines is 3. The predicted octanol–water partition coefficient (Wildman–Crippen LogP) is 12.1. The van der Waals surface area contributed by atoms with Gasteiger partial charge in [0.1, 0.15) is 0 Å². The molecule has 4 bridgehead atoms. The molecule has 1 heteroatoms. The molecular weight excluding hydrogens is 567 g/mol. The quantitative estimate of drug-likeness (QED) is 0.197. The minimum Gasteiger partial charge on any atom is -0.310 e. The monoisotopic (exact) mass is 609 g/mol. The van der Waals surface area contributed by atoms with Crippen LogP contribution < -0.4 is 4.90 Å². The number of hydrogen-bond donors (Lipinski definition) is 0. The maximum absolute atomic E-state index is 2.65. The molecule has 5 fully saturated rings. The van der Waals surface area contributed by atoms with Crippen molar-refractivity contribution in [2.75, 3.05) is 4.90 Å². The third kappa shape index (κ3) is 3.46. The standard InChI is InChI=1S/C46H43N/c1-3-12-34(13-4-1)47(35-20-21-41-39(29-35)37-15-5-7-17-40(37)45(41)22-9-2-10-23-45)43-19-11-16-38-36-14-6-8-18-42(36)46(44(38)43)32-25-30-24-31(27-32)28-33(46)26-30/h1,3-8,11-21,29-33H,2,9-10,22-28H2. The molecule has 5 aromatic rings. The summed E-state index contributed by atoms with van der Waals surface area (Å²) in [5.41, 5.74) is 16.5. The summed E-state index contributed by atoms with van der Waals surface area (Å²) in [6.45, 7) is 0. The molecule has 0 saturated heterocycles. The molecule has 2 spiro atoms. The lowest BCUT2D eigenvalue weighted by Gasteiger charge is -2.61. The first-order valence-corrected chi connectivity index (χ1v) is 18.6. The lowest BCUT2D eigenvalue weighted by Crippen LogP contribution is -2.55. The molecule has 1 nitrogen and oxygen atoms in total. The first-order chi connectivity index (χ1) is 23.3. The average molecular weight is 610 g/mol. The largest absolute Gasteiger partial charge is 0.310 e. The van der Waals surface area contributed by atoms with E-state index in [2.05, 4.69) is 120 Å². The Labute approximate surface area is 279 Å². The minimum atomic E-state index is 0.110. The molecule has 232 valence electrons. The molecule has 5 aromatic carbocycles. The molecule has 12 rings (SSSR count). The van der Waals surface area contributed by atoms with E-state index in [4.69, 9.17) is 0 Å². The van der Waals surface area contributed by atoms with E-state index in [0.29, 0.717) is 0 Å². The number of fused-ring (bicyclic) bond motifs is 8. The molecule has 0 heterocycles. The van der Waals surface area contributed by atoms with Crippen LogP contribution in [0.5, 0.6) is 0 Å². The van der Waals surface area contributed by atoms with Gasteiger partial charge in [0.15, 0.2) is 0 Å². The van der Waals surface area contributed by atoms with Crippen molar-refractivity contribution in [3.63, 3.8) is 0 Å². The SMILES string of the molecule is c1ccc(N(c2ccc3c(c2)-c2ccccc2C32CCCCC2)c2cccc3c2C2(c4ccccc4-3)C3CC4CC(C3)CC2C4)cc1. The molecule has 0 N–H and O–H groups in total. The fourth-order valence-electron chi connectivity index (χ4n) is 12.7. The summed E-state index contributed by atoms with van der Waals surface area (Å²) in [6, 6.07) is 45.0. The average Bonchev–Trinajstić information content (AvgIpc) is 3.56. The third-order valence-electron chi connectivity index (χ3n) is 14.0. The molecule has 5 saturated carbocycles. The van der Waals surface area contributed by atoms with E-state index in [-0.39, 0.29) is 10.8 Å². The zero-order valence-corrected chi connectivity index (χ0v) is 27.3. The molecule has 7 aliphatic rings. The van der Waals surface area contributed by atoms with Crippen LogP contribution >= 0.6 is 0 Å². The van der Waals surface area contributed by atoms with E-state index in [1.54, 1.807) is 22.3 Å². The van der Waals surface area contributed by atoms with Crippen LogP contribution in [-0.2, 0) is 10.8 Å². The Balaban J connectivity index is 1.16. The number of hydrogen-bond acceptors (Lipinski definition) is 1. The Morgan fingerprint density at radius 1 is 0.468 bits per heavy atom. The second-order valence-corrected chi connectivity index (χ2v) is 16.0. The van der Waals surface area contributed by atoms with Crippen LogP contribution in [0.2, 0.25) is 0 Å². The van der Waals surface area contributed by atoms with Crippen LogP contribution in [0, 0.1) is 23.7 Å². The Morgan fingerprint density at radius 3 is 1.83 bits per heavy atom. The van der Waals surface area contributed by atoms with Gasteiger partial charge in [0, 0.05) is 22.2 Å². The highest BCUT2D eigenvalue weighted by atomic mass is 15.1. The first-order valence-electron chi connectivity index (χ1n) is 18.6. The summed E-state index contributed by atoms with van der Waals surface area (Å²) in [5, 5.41) is 0. The molecule has 0 radical (unpaired) electrons. The van der Waals surface area contributed by atoms with Crippen LogP contribution in [0.3, 0.4) is 0 Å². The zero-order valence-electron chi connectivity index (χ0n) is 27.3. The molecule has 0 amide bonds. The van der Waals surface area contributed by atoms with Crippen molar-refractivity contribution in [2.24, 2.45) is 23.7 Å². The van der Waals surface area contributed by atoms with Gasteiger partial charge in [-0.1, -0.05) is 104 Å². The van der Waals surface area contributed by atoms with Gasteiger partial charge in [0.25, 0.3) is 0 Å². The molecule has 47 heavy (non-hydrogen) atoms. The highest BCUT2D eigenvalue weighted by Crippen LogP contribution is 2.71. The Morgan fingerprint density at radius 2 is 1.09 bits per heavy atom. The molecular formula is C46H43N. The van der Waals surface area contributed by atoms with E-state index in [0.717, 1.165) is 23.7 Å². The second-order valence-electron chi connectivity index (χ2n) is 16.0. The van der Waals surface area contributed by atoms with Crippen molar-refractivity contribution in [1.29, 1.82) is 0 Å². The Hall–Kier alpha value is -4.10. The summed E-state index contributed by atoms with van der Waals surface area (Å²) in [5.74, 6) is 3.33. The van der Waals surface area contributed by atoms with Crippen molar-refractivity contribution in [3.05, 3.63) is 138 Å². The predicted molar refractivity (Wildman–Crippen MR) is 194 cm³/mol. The van der Waals surface area contributed by atoms with E-state index in [1.165, 1.54) is 104 Å². The number of nitrogens with zero attached hydrogens (tertiary/aromatic N) is 1. The van der Waals surface area contributed by atoms with Crippen LogP contribution in [0.15, 0.2) is 115 Å². The van der Waals surface area contributed by atoms with E-state index in [9.17, 15) is 0 Å². The van der Waals surface area contributed by atoms with Crippen LogP contribution in [0.25, 0.3) is 22.3 Å². The van der Waals surface area contributed by atoms with Crippen LogP contribution in [0.1, 0.15) is 86.5 Å². The fourth-order valence-corrected chi connectivity index (χ4v) is 12.7. The van der Waals surface area contributed by atoms with Crippen molar-refractivity contribution in [2.45, 2.75) is 75.0 Å². The molecule has 0 unspecified atom stereocenters. The lowest BCUT2D eigenvalue weighted by molar-refractivity contribution is -0.0397. The summed E-state index contributed by atoms with van der Waals surface area (Å²) in [6.07, 6.45) is 13.7. The zero-order chi connectivity index (χ0) is 30.7. The van der Waals surface area contributed by atoms with Crippen molar-refractivity contribution >= 4 is 17.1 Å². The van der Waals surface area contributed by atoms with E-state index < -0.39 is 0 Å². The van der Waals surface area contributed by atoms with Gasteiger partial charge in [0.05, 0.1) is 5.69 Å². The first kappa shape index (κ1) is 26.9. The minimum absolute atomic E-state index is 0.110. The molecule has 0 atom stereocenters. The van der Waals surface area contributed by atoms with E-state index >= 15 is 0 Å². The van der Waals surface area contributed by atoms with Crippen LogP contribution in [0.4, 0.5) is 17.1 Å². The summed E-state index contributed by atoms with van der Waals surface area (Å²) in [7, 11) is 0. The van der Waals surface area contributed by atoms with Gasteiger partial charge in [-0.2, -0.15) is 0 Å². The normalized spacial score (nSPS) is 28.3. The number of para-hydroxylation sites is 1. The van der Waals surface area contributed by atoms with E-state index in [1.807, 2.05) is 0 Å². The van der Waals surface area contributed by atoms with Gasteiger partial charge in [-0.25, -0.2) is 0 Å². The molecule has 0 aliphatic heterocycles. The van der Waals surface area contributed by atoms with Crippen LogP contribution in [-0.4, -0.2) is 0 Å². The highest BCUT2D eigenvalue weighted by Gasteiger charge is 2.62. The van der Waals surface area contributed by atoms with Crippen molar-refractivity contribution in [3.8, 4) is 22.3 Å². The van der Waals surface area contributed by atoms with Crippen molar-refractivity contribution < 1.29 is 0 Å². The van der Waals surface area contributed by atoms with Gasteiger partial charge in [-0.3, -0.25) is 0 Å². The number of rotatable bonds is 3. The Kier molecular flexibility index (Phi) is 5.57. The molecule has 0 aromatic heterocycles. The highest BCUT2D eigenvalue weighted by molar-refractivity contribution is 5.93. The summed E-state index contributed by atoms with van der Waals surface area (Å²) < 4.78 is 0. The summed E-state index contributed by atoms with van der Waals surface area (Å²) in [4.78, 5) is 2.65. The maximum Gasteiger partial charge on any atom is 0.0509 e.